The van der Waals surface area contributed by atoms with Gasteiger partial charge in [0.05, 0.1) is 12.9 Å². The van der Waals surface area contributed by atoms with Crippen LogP contribution in [0, 0.1) is 0 Å². The van der Waals surface area contributed by atoms with Gasteiger partial charge in [0.15, 0.2) is 23.9 Å². The smallest absolute Gasteiger partial charge is 0.209 e. The number of benzene rings is 1. The number of imidazole rings is 1. The van der Waals surface area contributed by atoms with Crippen molar-refractivity contribution < 1.29 is 24.5 Å². The highest BCUT2D eigenvalue weighted by molar-refractivity contribution is 5.81. The van der Waals surface area contributed by atoms with Gasteiger partial charge in [0, 0.05) is 0 Å². The Hall–Kier alpha value is -3.12. The fraction of sp³-hybridized carbons (Fsp3) is 0.333. The van der Waals surface area contributed by atoms with Crippen LogP contribution >= 0.6 is 0 Å². The number of hydrogen-bond acceptors (Lipinski definition) is 9. The summed E-state index contributed by atoms with van der Waals surface area (Å²) in [6, 6.07) is 9.33. The number of aliphatic hydroxyl groups is 2. The van der Waals surface area contributed by atoms with Crippen molar-refractivity contribution in [2.75, 3.05) is 5.73 Å². The van der Waals surface area contributed by atoms with E-state index in [1.807, 2.05) is 30.3 Å². The first-order chi connectivity index (χ1) is 14.1. The van der Waals surface area contributed by atoms with E-state index in [0.29, 0.717) is 17.6 Å². The number of nitrogens with two attached hydrogens (primary N) is 1. The summed E-state index contributed by atoms with van der Waals surface area (Å²) in [5.41, 5.74) is 7.37. The lowest BCUT2D eigenvalue weighted by Crippen LogP contribution is -2.47. The molecule has 3 aromatic rings. The summed E-state index contributed by atoms with van der Waals surface area (Å²) in [7, 11) is 0. The van der Waals surface area contributed by atoms with Gasteiger partial charge in [-0.1, -0.05) is 30.3 Å². The highest BCUT2D eigenvalue weighted by Crippen LogP contribution is 2.33. The summed E-state index contributed by atoms with van der Waals surface area (Å²) >= 11 is 0. The monoisotopic (exact) mass is 400 g/mol. The van der Waals surface area contributed by atoms with Crippen LogP contribution in [0.15, 0.2) is 43.0 Å². The van der Waals surface area contributed by atoms with Gasteiger partial charge < -0.3 is 30.7 Å². The number of nitrogen functional groups attached to an aromatic ring is 1. The van der Waals surface area contributed by atoms with Crippen LogP contribution in [-0.2, 0) is 20.9 Å². The molecule has 0 spiro atoms. The molecular formula is C18H20N6O5. The minimum Gasteiger partial charge on any atom is -0.387 e. The largest absolute Gasteiger partial charge is 0.387 e. The Morgan fingerprint density at radius 3 is 2.79 bits per heavy atom. The molecule has 11 nitrogen and oxygen atoms in total. The summed E-state index contributed by atoms with van der Waals surface area (Å²) in [4.78, 5) is 23.2. The van der Waals surface area contributed by atoms with Gasteiger partial charge in [-0.2, -0.15) is 0 Å². The number of nitrogens with zero attached hydrogens (tertiary/aromatic N) is 4. The highest BCUT2D eigenvalue weighted by Gasteiger charge is 2.48. The highest BCUT2D eigenvalue weighted by atomic mass is 16.6. The molecular weight excluding hydrogens is 380 g/mol. The number of aliphatic hydroxyl groups excluding tert-OH is 2. The third kappa shape index (κ3) is 3.63. The number of amides is 1. The van der Waals surface area contributed by atoms with E-state index < -0.39 is 30.8 Å². The van der Waals surface area contributed by atoms with Crippen molar-refractivity contribution in [1.82, 2.24) is 24.8 Å². The van der Waals surface area contributed by atoms with Crippen LogP contribution in [-0.4, -0.2) is 60.7 Å². The molecule has 1 aliphatic rings. The second-order valence-corrected chi connectivity index (χ2v) is 6.56. The van der Waals surface area contributed by atoms with E-state index in [1.165, 1.54) is 17.2 Å². The van der Waals surface area contributed by atoms with Gasteiger partial charge in [-0.15, -0.1) is 0 Å². The lowest BCUT2D eigenvalue weighted by Gasteiger charge is -2.25. The number of anilines is 1. The summed E-state index contributed by atoms with van der Waals surface area (Å²) in [5, 5.41) is 23.6. The molecule has 0 bridgehead atoms. The Labute approximate surface area is 165 Å². The summed E-state index contributed by atoms with van der Waals surface area (Å²) in [5.74, 6) is 0.185. The molecule has 2 aromatic heterocycles. The van der Waals surface area contributed by atoms with Crippen LogP contribution in [0.1, 0.15) is 11.8 Å². The second-order valence-electron chi connectivity index (χ2n) is 6.56. The molecule has 5 atom stereocenters. The fourth-order valence-electron chi connectivity index (χ4n) is 3.29. The number of fused-ring (bicyclic) bond motifs is 1. The minimum absolute atomic E-state index is 0.178. The zero-order chi connectivity index (χ0) is 20.4. The van der Waals surface area contributed by atoms with Gasteiger partial charge in [-0.05, 0) is 5.56 Å². The van der Waals surface area contributed by atoms with Crippen LogP contribution < -0.4 is 11.1 Å². The molecule has 152 valence electrons. The van der Waals surface area contributed by atoms with Crippen LogP contribution in [0.4, 0.5) is 5.82 Å². The van der Waals surface area contributed by atoms with Crippen molar-refractivity contribution in [2.24, 2.45) is 0 Å². The summed E-state index contributed by atoms with van der Waals surface area (Å²) in [6.07, 6.45) is -2.56. The molecule has 1 aliphatic heterocycles. The Morgan fingerprint density at radius 2 is 2.03 bits per heavy atom. The van der Waals surface area contributed by atoms with Crippen molar-refractivity contribution in [3.05, 3.63) is 48.5 Å². The van der Waals surface area contributed by atoms with Gasteiger partial charge in [0.1, 0.15) is 30.2 Å². The Kier molecular flexibility index (Phi) is 5.36. The van der Waals surface area contributed by atoms with Crippen LogP contribution in [0.2, 0.25) is 0 Å². The van der Waals surface area contributed by atoms with Crippen molar-refractivity contribution in [1.29, 1.82) is 0 Å². The van der Waals surface area contributed by atoms with E-state index in [1.54, 1.807) is 0 Å². The van der Waals surface area contributed by atoms with Gasteiger partial charge in [0.2, 0.25) is 6.41 Å². The second kappa shape index (κ2) is 8.09. The third-order valence-corrected chi connectivity index (χ3v) is 4.74. The zero-order valence-electron chi connectivity index (χ0n) is 15.2. The molecule has 11 heteroatoms. The van der Waals surface area contributed by atoms with Crippen molar-refractivity contribution in [2.45, 2.75) is 37.4 Å². The Morgan fingerprint density at radius 1 is 1.24 bits per heavy atom. The first-order valence-electron chi connectivity index (χ1n) is 8.90. The van der Waals surface area contributed by atoms with E-state index in [2.05, 4.69) is 20.3 Å². The van der Waals surface area contributed by atoms with Crippen LogP contribution in [0.3, 0.4) is 0 Å². The predicted octanol–water partition coefficient (Wildman–Crippen LogP) is -0.683. The van der Waals surface area contributed by atoms with Crippen molar-refractivity contribution >= 4 is 23.4 Å². The minimum atomic E-state index is -1.33. The molecule has 0 aliphatic carbocycles. The average molecular weight is 400 g/mol. The first kappa shape index (κ1) is 19.2. The van der Waals surface area contributed by atoms with Crippen molar-refractivity contribution in [3.63, 3.8) is 0 Å². The normalized spacial score (nSPS) is 25.2. The maximum Gasteiger partial charge on any atom is 0.209 e. The molecule has 29 heavy (non-hydrogen) atoms. The molecule has 1 fully saturated rings. The molecule has 1 amide bonds. The number of nitrogens with one attached hydrogen (secondary N) is 1. The first-order valence-corrected chi connectivity index (χ1v) is 8.90. The number of hydrogen-bond donors (Lipinski definition) is 4. The zero-order valence-corrected chi connectivity index (χ0v) is 15.2. The number of aromatic nitrogens is 4. The Bertz CT molecular complexity index is 983. The third-order valence-electron chi connectivity index (χ3n) is 4.74. The maximum atomic E-state index is 11.1. The SMILES string of the molecule is Nc1ncnc2c1ncn2[C@@H]1O[C@H](C(NC=O)OCc2ccccc2)[C@@H](O)[C@H]1O. The lowest BCUT2D eigenvalue weighted by atomic mass is 10.1. The molecule has 1 saturated heterocycles. The van der Waals surface area contributed by atoms with E-state index in [0.717, 1.165) is 5.56 Å². The van der Waals surface area contributed by atoms with E-state index >= 15 is 0 Å². The number of carbonyl (C=O) groups is 1. The molecule has 0 saturated carbocycles. The Balaban J connectivity index is 1.55. The van der Waals surface area contributed by atoms with E-state index in [4.69, 9.17) is 15.2 Å². The van der Waals surface area contributed by atoms with Gasteiger partial charge >= 0.3 is 0 Å². The topological polar surface area (TPSA) is 158 Å². The molecule has 1 aromatic carbocycles. The predicted molar refractivity (Wildman–Crippen MR) is 99.9 cm³/mol. The molecule has 4 rings (SSSR count). The number of rotatable bonds is 7. The summed E-state index contributed by atoms with van der Waals surface area (Å²) < 4.78 is 13.0. The van der Waals surface area contributed by atoms with E-state index in [-0.39, 0.29) is 12.4 Å². The average Bonchev–Trinajstić information content (AvgIpc) is 3.29. The standard InChI is InChI=1S/C18H20N6O5/c19-15-11-16(21-7-20-15)24(8-22-11)18-13(27)12(26)14(29-18)17(23-9-25)28-6-10-4-2-1-3-5-10/h1-5,7-9,12-14,17-18,26-27H,6H2,(H,23,25)(H2,19,20,21)/t12-,13+,14-,17?,18+/m0/s1. The van der Waals surface area contributed by atoms with E-state index in [9.17, 15) is 15.0 Å². The lowest BCUT2D eigenvalue weighted by molar-refractivity contribution is -0.135. The molecule has 0 radical (unpaired) electrons. The quantitative estimate of drug-likeness (QED) is 0.298. The number of carbonyl (C=O) groups excluding carboxylic acids is 1. The van der Waals surface area contributed by atoms with Crippen molar-refractivity contribution in [3.8, 4) is 0 Å². The fourth-order valence-corrected chi connectivity index (χ4v) is 3.29. The van der Waals surface area contributed by atoms with Crippen LogP contribution in [0.25, 0.3) is 11.2 Å². The molecule has 3 heterocycles. The van der Waals surface area contributed by atoms with Gasteiger partial charge in [0.25, 0.3) is 0 Å². The molecule has 5 N–H and O–H groups in total. The molecule has 1 unspecified atom stereocenters. The van der Waals surface area contributed by atoms with Crippen LogP contribution in [0.5, 0.6) is 0 Å². The van der Waals surface area contributed by atoms with Gasteiger partial charge in [-0.25, -0.2) is 15.0 Å². The van der Waals surface area contributed by atoms with Gasteiger partial charge in [-0.3, -0.25) is 9.36 Å². The number of ether oxygens (including phenoxy) is 2. The summed E-state index contributed by atoms with van der Waals surface area (Å²) in [6.45, 7) is 0.178. The maximum absolute atomic E-state index is 11.1.